The second kappa shape index (κ2) is 6.08. The molecule has 112 valence electrons. The summed E-state index contributed by atoms with van der Waals surface area (Å²) in [5.74, 6) is 0.671. The Hall–Kier alpha value is -0.160. The molecule has 2 heterocycles. The first-order chi connectivity index (χ1) is 9.07. The van der Waals surface area contributed by atoms with E-state index in [1.165, 1.54) is 6.42 Å². The third-order valence-corrected chi connectivity index (χ3v) is 5.21. The minimum absolute atomic E-state index is 0.00301. The molecule has 0 aliphatic carbocycles. The fourth-order valence-corrected chi connectivity index (χ4v) is 3.76. The summed E-state index contributed by atoms with van der Waals surface area (Å²) < 4.78 is 11.3. The van der Waals surface area contributed by atoms with E-state index in [4.69, 9.17) is 15.2 Å². The van der Waals surface area contributed by atoms with Crippen LogP contribution in [-0.2, 0) is 9.47 Å². The van der Waals surface area contributed by atoms with Crippen LogP contribution in [0.4, 0.5) is 0 Å². The van der Waals surface area contributed by atoms with Gasteiger partial charge in [-0.3, -0.25) is 4.90 Å². The summed E-state index contributed by atoms with van der Waals surface area (Å²) >= 11 is 0. The summed E-state index contributed by atoms with van der Waals surface area (Å²) in [5, 5.41) is 0. The molecule has 0 aromatic heterocycles. The minimum atomic E-state index is -0.00301. The Labute approximate surface area is 117 Å². The van der Waals surface area contributed by atoms with E-state index in [2.05, 4.69) is 18.7 Å². The highest BCUT2D eigenvalue weighted by Crippen LogP contribution is 2.40. The first-order valence-electron chi connectivity index (χ1n) is 7.65. The lowest BCUT2D eigenvalue weighted by Crippen LogP contribution is -2.60. The number of nitrogens with two attached hydrogens (primary N) is 1. The molecule has 4 heteroatoms. The Kier molecular flexibility index (Phi) is 4.88. The van der Waals surface area contributed by atoms with Gasteiger partial charge in [-0.25, -0.2) is 0 Å². The van der Waals surface area contributed by atoms with Gasteiger partial charge >= 0.3 is 0 Å². The molecule has 0 bridgehead atoms. The number of nitrogens with zero attached hydrogens (tertiary/aromatic N) is 1. The largest absolute Gasteiger partial charge is 0.384 e. The highest BCUT2D eigenvalue weighted by molar-refractivity contribution is 5.02. The van der Waals surface area contributed by atoms with E-state index >= 15 is 0 Å². The van der Waals surface area contributed by atoms with Crippen LogP contribution in [0.3, 0.4) is 0 Å². The molecule has 0 aromatic rings. The molecular formula is C15H30N2O2. The molecule has 0 radical (unpaired) electrons. The Balaban J connectivity index is 2.06. The van der Waals surface area contributed by atoms with Gasteiger partial charge in [-0.05, 0) is 45.1 Å². The maximum Gasteiger partial charge on any atom is 0.0670 e. The zero-order chi connectivity index (χ0) is 13.9. The van der Waals surface area contributed by atoms with Gasteiger partial charge in [-0.1, -0.05) is 6.92 Å². The van der Waals surface area contributed by atoms with Crippen molar-refractivity contribution in [2.45, 2.75) is 50.7 Å². The highest BCUT2D eigenvalue weighted by atomic mass is 16.5. The maximum absolute atomic E-state index is 6.18. The molecule has 2 saturated heterocycles. The first kappa shape index (κ1) is 15.2. The standard InChI is InChI=1S/C15H30N2O2/c1-4-14(2)11-15(12-16,6-8-19-14)17-7-5-13(9-17)10-18-3/h13H,4-12,16H2,1-3H3. The van der Waals surface area contributed by atoms with Gasteiger partial charge in [0.05, 0.1) is 12.2 Å². The molecule has 0 spiro atoms. The normalized spacial score (nSPS) is 40.7. The average molecular weight is 270 g/mol. The Morgan fingerprint density at radius 3 is 2.89 bits per heavy atom. The quantitative estimate of drug-likeness (QED) is 0.825. The van der Waals surface area contributed by atoms with Gasteiger partial charge in [0.15, 0.2) is 0 Å². The van der Waals surface area contributed by atoms with Crippen molar-refractivity contribution in [3.05, 3.63) is 0 Å². The molecule has 2 aliphatic rings. The van der Waals surface area contributed by atoms with Crippen molar-refractivity contribution >= 4 is 0 Å². The van der Waals surface area contributed by atoms with Crippen LogP contribution in [-0.4, -0.2) is 56.0 Å². The van der Waals surface area contributed by atoms with Crippen LogP contribution in [0, 0.1) is 5.92 Å². The SMILES string of the molecule is CCC1(C)CC(CN)(N2CCC(COC)C2)CCO1. The van der Waals surface area contributed by atoms with Crippen LogP contribution in [0.5, 0.6) is 0 Å². The lowest BCUT2D eigenvalue weighted by atomic mass is 9.78. The Morgan fingerprint density at radius 1 is 1.47 bits per heavy atom. The van der Waals surface area contributed by atoms with Gasteiger partial charge in [0.1, 0.15) is 0 Å². The second-order valence-electron chi connectivity index (χ2n) is 6.56. The number of hydrogen-bond acceptors (Lipinski definition) is 4. The molecular weight excluding hydrogens is 240 g/mol. The van der Waals surface area contributed by atoms with E-state index in [-0.39, 0.29) is 11.1 Å². The van der Waals surface area contributed by atoms with E-state index in [1.807, 2.05) is 0 Å². The third-order valence-electron chi connectivity index (χ3n) is 5.21. The lowest BCUT2D eigenvalue weighted by molar-refractivity contribution is -0.126. The predicted molar refractivity (Wildman–Crippen MR) is 77.2 cm³/mol. The molecule has 0 amide bonds. The molecule has 3 atom stereocenters. The molecule has 0 saturated carbocycles. The maximum atomic E-state index is 6.18. The predicted octanol–water partition coefficient (Wildman–Crippen LogP) is 1.63. The van der Waals surface area contributed by atoms with E-state index in [9.17, 15) is 0 Å². The summed E-state index contributed by atoms with van der Waals surface area (Å²) in [5.41, 5.74) is 6.33. The molecule has 2 fully saturated rings. The van der Waals surface area contributed by atoms with Gasteiger partial charge in [-0.2, -0.15) is 0 Å². The van der Waals surface area contributed by atoms with Gasteiger partial charge in [0, 0.05) is 32.3 Å². The highest BCUT2D eigenvalue weighted by Gasteiger charge is 2.47. The number of methoxy groups -OCH3 is 1. The topological polar surface area (TPSA) is 47.7 Å². The average Bonchev–Trinajstić information content (AvgIpc) is 2.88. The van der Waals surface area contributed by atoms with Crippen molar-refractivity contribution in [1.29, 1.82) is 0 Å². The first-order valence-corrected chi connectivity index (χ1v) is 7.65. The van der Waals surface area contributed by atoms with Gasteiger partial charge in [-0.15, -0.1) is 0 Å². The number of hydrogen-bond donors (Lipinski definition) is 1. The third kappa shape index (κ3) is 3.13. The Morgan fingerprint density at radius 2 is 2.26 bits per heavy atom. The van der Waals surface area contributed by atoms with E-state index < -0.39 is 0 Å². The summed E-state index contributed by atoms with van der Waals surface area (Å²) in [6.07, 6.45) is 4.43. The number of rotatable bonds is 5. The zero-order valence-corrected chi connectivity index (χ0v) is 12.8. The monoisotopic (exact) mass is 270 g/mol. The summed E-state index contributed by atoms with van der Waals surface area (Å²) in [7, 11) is 1.80. The van der Waals surface area contributed by atoms with E-state index in [0.29, 0.717) is 5.92 Å². The summed E-state index contributed by atoms with van der Waals surface area (Å²) in [6.45, 7) is 9.19. The molecule has 2 N–H and O–H groups in total. The van der Waals surface area contributed by atoms with Crippen LogP contribution in [0.2, 0.25) is 0 Å². The fraction of sp³-hybridized carbons (Fsp3) is 1.00. The van der Waals surface area contributed by atoms with Crippen molar-refractivity contribution in [3.8, 4) is 0 Å². The molecule has 0 aromatic carbocycles. The van der Waals surface area contributed by atoms with Crippen LogP contribution in [0.25, 0.3) is 0 Å². The van der Waals surface area contributed by atoms with Crippen LogP contribution in [0.1, 0.15) is 39.5 Å². The number of ether oxygens (including phenoxy) is 2. The van der Waals surface area contributed by atoms with Gasteiger partial charge in [0.2, 0.25) is 0 Å². The molecule has 2 rings (SSSR count). The lowest BCUT2D eigenvalue weighted by Gasteiger charge is -2.50. The van der Waals surface area contributed by atoms with Crippen LogP contribution in [0.15, 0.2) is 0 Å². The van der Waals surface area contributed by atoms with E-state index in [1.54, 1.807) is 7.11 Å². The van der Waals surface area contributed by atoms with E-state index in [0.717, 1.165) is 52.1 Å². The van der Waals surface area contributed by atoms with Gasteiger partial charge in [0.25, 0.3) is 0 Å². The van der Waals surface area contributed by atoms with Gasteiger partial charge < -0.3 is 15.2 Å². The molecule has 4 nitrogen and oxygen atoms in total. The summed E-state index contributed by atoms with van der Waals surface area (Å²) in [6, 6.07) is 0. The minimum Gasteiger partial charge on any atom is -0.384 e. The Bertz CT molecular complexity index is 300. The summed E-state index contributed by atoms with van der Waals surface area (Å²) in [4.78, 5) is 2.62. The number of likely N-dealkylation sites (tertiary alicyclic amines) is 1. The molecule has 2 aliphatic heterocycles. The van der Waals surface area contributed by atoms with Crippen molar-refractivity contribution < 1.29 is 9.47 Å². The zero-order valence-electron chi connectivity index (χ0n) is 12.8. The van der Waals surface area contributed by atoms with Crippen LogP contribution >= 0.6 is 0 Å². The van der Waals surface area contributed by atoms with Crippen LogP contribution < -0.4 is 5.73 Å². The molecule has 3 unspecified atom stereocenters. The smallest absolute Gasteiger partial charge is 0.0670 e. The van der Waals surface area contributed by atoms with Crippen molar-refractivity contribution in [3.63, 3.8) is 0 Å². The molecule has 19 heavy (non-hydrogen) atoms. The van der Waals surface area contributed by atoms with Crippen molar-refractivity contribution in [2.75, 3.05) is 40.0 Å². The van der Waals surface area contributed by atoms with Crippen molar-refractivity contribution in [2.24, 2.45) is 11.7 Å². The fourth-order valence-electron chi connectivity index (χ4n) is 3.76. The second-order valence-corrected chi connectivity index (χ2v) is 6.56. The van der Waals surface area contributed by atoms with Crippen molar-refractivity contribution in [1.82, 2.24) is 4.90 Å².